The van der Waals surface area contributed by atoms with Gasteiger partial charge in [-0.25, -0.2) is 0 Å². The highest BCUT2D eigenvalue weighted by molar-refractivity contribution is 6.13. The van der Waals surface area contributed by atoms with E-state index in [0.717, 1.165) is 16.9 Å². The van der Waals surface area contributed by atoms with Crippen molar-refractivity contribution >= 4 is 23.2 Å². The minimum atomic E-state index is -0.572. The topological polar surface area (TPSA) is 63.0 Å². The van der Waals surface area contributed by atoms with Gasteiger partial charge in [0, 0.05) is 26.3 Å². The van der Waals surface area contributed by atoms with Crippen LogP contribution in [0, 0.1) is 0 Å². The maximum Gasteiger partial charge on any atom is 0.248 e. The maximum absolute atomic E-state index is 13.4. The fourth-order valence-corrected chi connectivity index (χ4v) is 3.99. The molecule has 0 saturated carbocycles. The highest BCUT2D eigenvalue weighted by Gasteiger charge is 2.52. The first-order chi connectivity index (χ1) is 12.2. The first kappa shape index (κ1) is 15.9. The second-order valence-corrected chi connectivity index (χ2v) is 6.54. The van der Waals surface area contributed by atoms with E-state index in [1.54, 1.807) is 28.4 Å². The summed E-state index contributed by atoms with van der Waals surface area (Å²) in [5.74, 6) is 0.0386. The number of benzene rings is 1. The standard InChI is InChI=1S/C19H20N2O4/c1-24-13-17(22)20-9-7-19(8-10-20)15-4-2-3-5-16(15)21(18(19)23)14-6-11-25-12-14/h2-6,11-12H,7-10,13H2,1H3. The molecule has 1 aromatic carbocycles. The van der Waals surface area contributed by atoms with Gasteiger partial charge in [0.05, 0.1) is 23.1 Å². The highest BCUT2D eigenvalue weighted by Crippen LogP contribution is 2.50. The van der Waals surface area contributed by atoms with Crippen LogP contribution in [0.3, 0.4) is 0 Å². The van der Waals surface area contributed by atoms with Crippen molar-refractivity contribution in [2.75, 3.05) is 31.7 Å². The fraction of sp³-hybridized carbons (Fsp3) is 0.368. The second-order valence-electron chi connectivity index (χ2n) is 6.54. The van der Waals surface area contributed by atoms with Crippen LogP contribution >= 0.6 is 0 Å². The van der Waals surface area contributed by atoms with Gasteiger partial charge in [0.1, 0.15) is 12.9 Å². The van der Waals surface area contributed by atoms with Crippen molar-refractivity contribution in [2.24, 2.45) is 0 Å². The lowest BCUT2D eigenvalue weighted by molar-refractivity contribution is -0.138. The monoisotopic (exact) mass is 340 g/mol. The van der Waals surface area contributed by atoms with Crippen LogP contribution in [-0.4, -0.2) is 43.5 Å². The Balaban J connectivity index is 1.67. The van der Waals surface area contributed by atoms with Crippen LogP contribution in [-0.2, 0) is 19.7 Å². The van der Waals surface area contributed by atoms with E-state index in [-0.39, 0.29) is 18.4 Å². The molecule has 4 rings (SSSR count). The van der Waals surface area contributed by atoms with Gasteiger partial charge in [-0.2, -0.15) is 0 Å². The van der Waals surface area contributed by atoms with Crippen molar-refractivity contribution in [1.29, 1.82) is 0 Å². The number of hydrogen-bond acceptors (Lipinski definition) is 4. The Bertz CT molecular complexity index is 792. The number of furan rings is 1. The lowest BCUT2D eigenvalue weighted by atomic mass is 9.73. The van der Waals surface area contributed by atoms with Gasteiger partial charge < -0.3 is 14.1 Å². The Morgan fingerprint density at radius 2 is 2.00 bits per heavy atom. The molecule has 0 unspecified atom stereocenters. The summed E-state index contributed by atoms with van der Waals surface area (Å²) in [6.45, 7) is 1.20. The van der Waals surface area contributed by atoms with Gasteiger partial charge in [0.15, 0.2) is 0 Å². The number of methoxy groups -OCH3 is 1. The maximum atomic E-state index is 13.4. The zero-order chi connectivity index (χ0) is 17.4. The van der Waals surface area contributed by atoms with Crippen molar-refractivity contribution in [3.8, 4) is 0 Å². The number of ether oxygens (including phenoxy) is 1. The van der Waals surface area contributed by atoms with Crippen LogP contribution in [0.4, 0.5) is 11.4 Å². The summed E-state index contributed by atoms with van der Waals surface area (Å²) in [6, 6.07) is 9.70. The fourth-order valence-electron chi connectivity index (χ4n) is 3.99. The molecular formula is C19H20N2O4. The third-order valence-corrected chi connectivity index (χ3v) is 5.27. The smallest absolute Gasteiger partial charge is 0.248 e. The normalized spacial score (nSPS) is 18.7. The molecule has 0 bridgehead atoms. The molecule has 0 atom stereocenters. The van der Waals surface area contributed by atoms with E-state index < -0.39 is 5.41 Å². The summed E-state index contributed by atoms with van der Waals surface area (Å²) in [5.41, 5.74) is 2.12. The summed E-state index contributed by atoms with van der Waals surface area (Å²) in [5, 5.41) is 0. The Morgan fingerprint density at radius 3 is 2.68 bits per heavy atom. The number of hydrogen-bond donors (Lipinski definition) is 0. The first-order valence-electron chi connectivity index (χ1n) is 8.40. The Labute approximate surface area is 146 Å². The van der Waals surface area contributed by atoms with E-state index >= 15 is 0 Å². The van der Waals surface area contributed by atoms with Gasteiger partial charge in [-0.05, 0) is 24.5 Å². The van der Waals surface area contributed by atoms with Gasteiger partial charge >= 0.3 is 0 Å². The molecule has 0 aliphatic carbocycles. The number of para-hydroxylation sites is 1. The lowest BCUT2D eigenvalue weighted by Crippen LogP contribution is -2.50. The molecular weight excluding hydrogens is 320 g/mol. The third-order valence-electron chi connectivity index (χ3n) is 5.27. The third kappa shape index (κ3) is 2.36. The van der Waals surface area contributed by atoms with Crippen molar-refractivity contribution in [3.05, 3.63) is 48.4 Å². The van der Waals surface area contributed by atoms with Crippen molar-refractivity contribution in [2.45, 2.75) is 18.3 Å². The highest BCUT2D eigenvalue weighted by atomic mass is 16.5. The number of amides is 2. The molecule has 0 radical (unpaired) electrons. The summed E-state index contributed by atoms with van der Waals surface area (Å²) in [4.78, 5) is 29.0. The average Bonchev–Trinajstić information content (AvgIpc) is 3.23. The molecule has 130 valence electrons. The number of likely N-dealkylation sites (tertiary alicyclic amines) is 1. The molecule has 2 amide bonds. The zero-order valence-electron chi connectivity index (χ0n) is 14.1. The van der Waals surface area contributed by atoms with Gasteiger partial charge in [0.25, 0.3) is 0 Å². The summed E-state index contributed by atoms with van der Waals surface area (Å²) in [7, 11) is 1.52. The van der Waals surface area contributed by atoms with Crippen LogP contribution in [0.1, 0.15) is 18.4 Å². The molecule has 1 aromatic heterocycles. The summed E-state index contributed by atoms with van der Waals surface area (Å²) in [6.07, 6.45) is 4.40. The van der Waals surface area contributed by atoms with E-state index in [1.165, 1.54) is 7.11 Å². The van der Waals surface area contributed by atoms with Crippen molar-refractivity contribution < 1.29 is 18.7 Å². The Kier molecular flexibility index (Phi) is 3.84. The number of carbonyl (C=O) groups is 2. The zero-order valence-corrected chi connectivity index (χ0v) is 14.1. The number of anilines is 2. The minimum Gasteiger partial charge on any atom is -0.470 e. The Morgan fingerprint density at radius 1 is 1.24 bits per heavy atom. The molecule has 2 aromatic rings. The van der Waals surface area contributed by atoms with E-state index in [0.29, 0.717) is 25.9 Å². The van der Waals surface area contributed by atoms with Gasteiger partial charge in [-0.3, -0.25) is 14.5 Å². The number of rotatable bonds is 3. The summed E-state index contributed by atoms with van der Waals surface area (Å²) < 4.78 is 10.1. The average molecular weight is 340 g/mol. The molecule has 1 saturated heterocycles. The first-order valence-corrected chi connectivity index (χ1v) is 8.40. The van der Waals surface area contributed by atoms with Crippen LogP contribution < -0.4 is 4.90 Å². The number of piperidine rings is 1. The molecule has 0 N–H and O–H groups in total. The number of carbonyl (C=O) groups excluding carboxylic acids is 2. The molecule has 2 aliphatic rings. The SMILES string of the molecule is COCC(=O)N1CCC2(CC1)C(=O)N(c1ccoc1)c1ccccc12. The lowest BCUT2D eigenvalue weighted by Gasteiger charge is -2.38. The molecule has 3 heterocycles. The summed E-state index contributed by atoms with van der Waals surface area (Å²) >= 11 is 0. The quantitative estimate of drug-likeness (QED) is 0.861. The van der Waals surface area contributed by atoms with Crippen LogP contribution in [0.5, 0.6) is 0 Å². The second kappa shape index (κ2) is 6.04. The van der Waals surface area contributed by atoms with E-state index in [4.69, 9.17) is 9.15 Å². The van der Waals surface area contributed by atoms with Crippen LogP contribution in [0.15, 0.2) is 47.3 Å². The predicted octanol–water partition coefficient (Wildman–Crippen LogP) is 2.46. The molecule has 25 heavy (non-hydrogen) atoms. The van der Waals surface area contributed by atoms with Gasteiger partial charge in [0.2, 0.25) is 11.8 Å². The Hall–Kier alpha value is -2.60. The number of fused-ring (bicyclic) bond motifs is 2. The molecule has 1 spiro atoms. The van der Waals surface area contributed by atoms with Crippen molar-refractivity contribution in [1.82, 2.24) is 4.90 Å². The van der Waals surface area contributed by atoms with E-state index in [2.05, 4.69) is 0 Å². The predicted molar refractivity (Wildman–Crippen MR) is 91.7 cm³/mol. The number of nitrogens with zero attached hydrogens (tertiary/aromatic N) is 2. The van der Waals surface area contributed by atoms with Crippen LogP contribution in [0.2, 0.25) is 0 Å². The molecule has 2 aliphatic heterocycles. The van der Waals surface area contributed by atoms with E-state index in [1.807, 2.05) is 24.3 Å². The minimum absolute atomic E-state index is 0.0252. The van der Waals surface area contributed by atoms with Crippen molar-refractivity contribution in [3.63, 3.8) is 0 Å². The molecule has 6 heteroatoms. The van der Waals surface area contributed by atoms with Gasteiger partial charge in [-0.1, -0.05) is 18.2 Å². The molecule has 6 nitrogen and oxygen atoms in total. The van der Waals surface area contributed by atoms with Crippen LogP contribution in [0.25, 0.3) is 0 Å². The largest absolute Gasteiger partial charge is 0.470 e. The molecule has 1 fully saturated rings. The van der Waals surface area contributed by atoms with E-state index in [9.17, 15) is 9.59 Å². The van der Waals surface area contributed by atoms with Gasteiger partial charge in [-0.15, -0.1) is 0 Å².